The van der Waals surface area contributed by atoms with Crippen molar-refractivity contribution in [3.63, 3.8) is 0 Å². The monoisotopic (exact) mass is 366 g/mol. The van der Waals surface area contributed by atoms with Gasteiger partial charge in [0.2, 0.25) is 0 Å². The number of aryl methyl sites for hydroxylation is 4. The third kappa shape index (κ3) is 3.46. The molecule has 7 heteroatoms. The normalized spacial score (nSPS) is 15.6. The lowest BCUT2D eigenvalue weighted by Crippen LogP contribution is -2.39. The fourth-order valence-electron chi connectivity index (χ4n) is 4.01. The zero-order valence-corrected chi connectivity index (χ0v) is 16.2. The Labute approximate surface area is 159 Å². The average molecular weight is 366 g/mol. The van der Waals surface area contributed by atoms with E-state index in [0.717, 1.165) is 56.0 Å². The van der Waals surface area contributed by atoms with Crippen LogP contribution in [0.25, 0.3) is 5.65 Å². The number of amides is 1. The lowest BCUT2D eigenvalue weighted by molar-refractivity contribution is 0.0685. The van der Waals surface area contributed by atoms with Crippen LogP contribution in [-0.4, -0.2) is 48.3 Å². The van der Waals surface area contributed by atoms with Gasteiger partial charge in [0.25, 0.3) is 5.91 Å². The second kappa shape index (κ2) is 7.13. The molecule has 0 aliphatic carbocycles. The Bertz CT molecular complexity index is 951. The molecule has 0 radical (unpaired) electrons. The van der Waals surface area contributed by atoms with Crippen molar-refractivity contribution in [3.8, 4) is 0 Å². The molecule has 4 heterocycles. The van der Waals surface area contributed by atoms with Gasteiger partial charge < -0.3 is 4.90 Å². The van der Waals surface area contributed by atoms with Crippen LogP contribution in [0, 0.1) is 26.7 Å². The number of fused-ring (bicyclic) bond motifs is 1. The van der Waals surface area contributed by atoms with Crippen LogP contribution >= 0.6 is 0 Å². The van der Waals surface area contributed by atoms with Crippen molar-refractivity contribution in [2.45, 2.75) is 46.6 Å². The summed E-state index contributed by atoms with van der Waals surface area (Å²) in [5.74, 6) is 0.705. The molecule has 0 N–H and O–H groups in total. The highest BCUT2D eigenvalue weighted by atomic mass is 16.2. The van der Waals surface area contributed by atoms with Crippen LogP contribution in [0.4, 0.5) is 0 Å². The minimum Gasteiger partial charge on any atom is -0.338 e. The van der Waals surface area contributed by atoms with Crippen molar-refractivity contribution >= 4 is 11.6 Å². The Morgan fingerprint density at radius 2 is 2.00 bits per heavy atom. The van der Waals surface area contributed by atoms with Gasteiger partial charge in [-0.3, -0.25) is 9.48 Å². The van der Waals surface area contributed by atoms with E-state index in [-0.39, 0.29) is 5.91 Å². The second-order valence-electron chi connectivity index (χ2n) is 7.53. The molecule has 0 aromatic carbocycles. The SMILES string of the molecule is Cc1cc(C)n2nc(C)c(C(=O)N3CCC(CCn4cccn4)CC3)c2n1. The molecular formula is C20H26N6O. The number of hydrogen-bond donors (Lipinski definition) is 0. The molecule has 3 aromatic heterocycles. The number of carbonyl (C=O) groups excluding carboxylic acids is 1. The Hall–Kier alpha value is -2.70. The molecule has 1 saturated heterocycles. The summed E-state index contributed by atoms with van der Waals surface area (Å²) < 4.78 is 3.77. The molecule has 27 heavy (non-hydrogen) atoms. The maximum atomic E-state index is 13.2. The van der Waals surface area contributed by atoms with Gasteiger partial charge in [0, 0.05) is 43.4 Å². The molecule has 0 atom stereocenters. The Morgan fingerprint density at radius 3 is 2.70 bits per heavy atom. The number of hydrogen-bond acceptors (Lipinski definition) is 4. The summed E-state index contributed by atoms with van der Waals surface area (Å²) in [7, 11) is 0. The van der Waals surface area contributed by atoms with E-state index in [0.29, 0.717) is 17.1 Å². The number of aromatic nitrogens is 5. The van der Waals surface area contributed by atoms with Crippen molar-refractivity contribution in [2.75, 3.05) is 13.1 Å². The first kappa shape index (κ1) is 17.7. The summed E-state index contributed by atoms with van der Waals surface area (Å²) in [6, 6.07) is 3.94. The summed E-state index contributed by atoms with van der Waals surface area (Å²) >= 11 is 0. The van der Waals surface area contributed by atoms with E-state index >= 15 is 0 Å². The molecule has 3 aromatic rings. The lowest BCUT2D eigenvalue weighted by atomic mass is 9.93. The van der Waals surface area contributed by atoms with E-state index in [2.05, 4.69) is 15.2 Å². The van der Waals surface area contributed by atoms with E-state index in [9.17, 15) is 4.79 Å². The fraction of sp³-hybridized carbons (Fsp3) is 0.500. The van der Waals surface area contributed by atoms with Crippen molar-refractivity contribution in [3.05, 3.63) is 47.2 Å². The van der Waals surface area contributed by atoms with E-state index in [1.54, 1.807) is 4.52 Å². The molecule has 1 aliphatic heterocycles. The molecule has 7 nitrogen and oxygen atoms in total. The summed E-state index contributed by atoms with van der Waals surface area (Å²) in [5.41, 5.74) is 3.98. The summed E-state index contributed by atoms with van der Waals surface area (Å²) in [6.45, 7) is 8.38. The number of rotatable bonds is 4. The van der Waals surface area contributed by atoms with E-state index in [1.807, 2.05) is 54.9 Å². The Kier molecular flexibility index (Phi) is 4.68. The molecular weight excluding hydrogens is 340 g/mol. The zero-order valence-electron chi connectivity index (χ0n) is 16.2. The molecule has 4 rings (SSSR count). The standard InChI is InChI=1S/C20H26N6O/c1-14-13-15(2)26-19(22-14)18(16(3)23-26)20(27)24-10-5-17(6-11-24)7-12-25-9-4-8-21-25/h4,8-9,13,17H,5-7,10-12H2,1-3H3. The van der Waals surface area contributed by atoms with Crippen LogP contribution in [0.1, 0.15) is 46.7 Å². The van der Waals surface area contributed by atoms with E-state index in [1.165, 1.54) is 0 Å². The first-order valence-corrected chi connectivity index (χ1v) is 9.63. The van der Waals surface area contributed by atoms with E-state index in [4.69, 9.17) is 0 Å². The van der Waals surface area contributed by atoms with E-state index < -0.39 is 0 Å². The zero-order chi connectivity index (χ0) is 19.0. The van der Waals surface area contributed by atoms with Crippen LogP contribution in [-0.2, 0) is 6.54 Å². The van der Waals surface area contributed by atoms with Crippen LogP contribution in [0.15, 0.2) is 24.5 Å². The molecule has 0 unspecified atom stereocenters. The van der Waals surface area contributed by atoms with Gasteiger partial charge in [0.15, 0.2) is 5.65 Å². The predicted molar refractivity (Wildman–Crippen MR) is 103 cm³/mol. The molecule has 0 bridgehead atoms. The first-order chi connectivity index (χ1) is 13.0. The highest BCUT2D eigenvalue weighted by Crippen LogP contribution is 2.24. The maximum Gasteiger partial charge on any atom is 0.259 e. The van der Waals surface area contributed by atoms with Crippen molar-refractivity contribution in [2.24, 2.45) is 5.92 Å². The van der Waals surface area contributed by atoms with Crippen LogP contribution in [0.2, 0.25) is 0 Å². The van der Waals surface area contributed by atoms with Gasteiger partial charge in [0.05, 0.1) is 5.69 Å². The first-order valence-electron chi connectivity index (χ1n) is 9.63. The van der Waals surface area contributed by atoms with Gasteiger partial charge in [0.1, 0.15) is 5.56 Å². The maximum absolute atomic E-state index is 13.2. The second-order valence-corrected chi connectivity index (χ2v) is 7.53. The third-order valence-corrected chi connectivity index (χ3v) is 5.51. The van der Waals surface area contributed by atoms with Gasteiger partial charge in [-0.05, 0) is 58.1 Å². The quantitative estimate of drug-likeness (QED) is 0.712. The number of carbonyl (C=O) groups is 1. The molecule has 1 fully saturated rings. The number of likely N-dealkylation sites (tertiary alicyclic amines) is 1. The number of piperidine rings is 1. The molecule has 0 saturated carbocycles. The highest BCUT2D eigenvalue weighted by Gasteiger charge is 2.28. The molecule has 142 valence electrons. The summed E-state index contributed by atoms with van der Waals surface area (Å²) in [5, 5.41) is 8.81. The van der Waals surface area contributed by atoms with Gasteiger partial charge >= 0.3 is 0 Å². The molecule has 0 spiro atoms. The van der Waals surface area contributed by atoms with Gasteiger partial charge in [-0.2, -0.15) is 10.2 Å². The van der Waals surface area contributed by atoms with Gasteiger partial charge in [-0.15, -0.1) is 0 Å². The molecule has 1 aliphatic rings. The van der Waals surface area contributed by atoms with Crippen LogP contribution in [0.3, 0.4) is 0 Å². The Morgan fingerprint density at radius 1 is 1.22 bits per heavy atom. The Balaban J connectivity index is 1.45. The predicted octanol–water partition coefficient (Wildman–Crippen LogP) is 2.79. The lowest BCUT2D eigenvalue weighted by Gasteiger charge is -2.32. The number of nitrogens with zero attached hydrogens (tertiary/aromatic N) is 6. The van der Waals surface area contributed by atoms with Crippen molar-refractivity contribution < 1.29 is 4.79 Å². The topological polar surface area (TPSA) is 68.3 Å². The van der Waals surface area contributed by atoms with Crippen LogP contribution < -0.4 is 0 Å². The summed E-state index contributed by atoms with van der Waals surface area (Å²) in [6.07, 6.45) is 7.01. The fourth-order valence-corrected chi connectivity index (χ4v) is 4.01. The minimum atomic E-state index is 0.0607. The molecule has 1 amide bonds. The highest BCUT2D eigenvalue weighted by molar-refractivity contribution is 6.01. The third-order valence-electron chi connectivity index (χ3n) is 5.51. The summed E-state index contributed by atoms with van der Waals surface area (Å²) in [4.78, 5) is 19.7. The van der Waals surface area contributed by atoms with Crippen molar-refractivity contribution in [1.29, 1.82) is 0 Å². The minimum absolute atomic E-state index is 0.0607. The van der Waals surface area contributed by atoms with Crippen molar-refractivity contribution in [1.82, 2.24) is 29.3 Å². The smallest absolute Gasteiger partial charge is 0.259 e. The average Bonchev–Trinajstić information content (AvgIpc) is 3.27. The van der Waals surface area contributed by atoms with Gasteiger partial charge in [-0.25, -0.2) is 9.50 Å². The van der Waals surface area contributed by atoms with Gasteiger partial charge in [-0.1, -0.05) is 0 Å². The largest absolute Gasteiger partial charge is 0.338 e. The van der Waals surface area contributed by atoms with Crippen LogP contribution in [0.5, 0.6) is 0 Å².